The zero-order valence-electron chi connectivity index (χ0n) is 23.3. The molecule has 1 aromatic carbocycles. The van der Waals surface area contributed by atoms with Gasteiger partial charge in [0.05, 0.1) is 19.8 Å². The lowest BCUT2D eigenvalue weighted by molar-refractivity contribution is -0.229. The fourth-order valence-corrected chi connectivity index (χ4v) is 5.09. The molecule has 2 fully saturated rings. The topological polar surface area (TPSA) is 300 Å². The lowest BCUT2D eigenvalue weighted by Gasteiger charge is -2.25. The number of ether oxygens (including phenoxy) is 2. The highest BCUT2D eigenvalue weighted by Gasteiger charge is 2.45. The van der Waals surface area contributed by atoms with Crippen LogP contribution in [0.15, 0.2) is 64.4 Å². The summed E-state index contributed by atoms with van der Waals surface area (Å²) in [6.45, 7) is -1.28. The van der Waals surface area contributed by atoms with E-state index in [1.807, 2.05) is 0 Å². The Kier molecular flexibility index (Phi) is 11.2. The van der Waals surface area contributed by atoms with Crippen molar-refractivity contribution in [1.29, 1.82) is 0 Å². The molecule has 0 aliphatic carbocycles. The Labute approximate surface area is 254 Å². The fraction of sp³-hybridized carbons (Fsp3) is 0.440. The summed E-state index contributed by atoms with van der Waals surface area (Å²) in [5.41, 5.74) is 9.87. The van der Waals surface area contributed by atoms with E-state index in [1.54, 1.807) is 30.3 Å². The lowest BCUT2D eigenvalue weighted by atomic mass is 10.1. The third-order valence-electron chi connectivity index (χ3n) is 6.73. The molecular weight excluding hydrogens is 623 g/mol. The highest BCUT2D eigenvalue weighted by Crippen LogP contribution is 2.41. The predicted octanol–water partition coefficient (Wildman–Crippen LogP) is -3.42. The average molecular weight is 656 g/mol. The molecular formula is C25H32N6O13P-. The van der Waals surface area contributed by atoms with Crippen LogP contribution in [0.5, 0.6) is 0 Å². The molecule has 2 aliphatic rings. The Morgan fingerprint density at radius 1 is 0.800 bits per heavy atom. The van der Waals surface area contributed by atoms with Crippen molar-refractivity contribution in [3.8, 4) is 0 Å². The smallest absolute Gasteiger partial charge is 0.351 e. The summed E-state index contributed by atoms with van der Waals surface area (Å²) in [5, 5.41) is 48.4. The maximum absolute atomic E-state index is 11.9. The van der Waals surface area contributed by atoms with Crippen molar-refractivity contribution in [1.82, 2.24) is 19.1 Å². The number of phosphoric acid groups is 1. The molecule has 246 valence electrons. The predicted molar refractivity (Wildman–Crippen MR) is 150 cm³/mol. The molecule has 19 nitrogen and oxygen atoms in total. The molecule has 45 heavy (non-hydrogen) atoms. The van der Waals surface area contributed by atoms with Crippen molar-refractivity contribution in [2.75, 3.05) is 24.7 Å². The van der Waals surface area contributed by atoms with Crippen LogP contribution in [0.25, 0.3) is 0 Å². The van der Waals surface area contributed by atoms with Gasteiger partial charge in [0, 0.05) is 12.4 Å². The minimum Gasteiger partial charge on any atom is -0.756 e. The zero-order chi connectivity index (χ0) is 32.9. The summed E-state index contributed by atoms with van der Waals surface area (Å²) in [7, 11) is -4.68. The van der Waals surface area contributed by atoms with Crippen molar-refractivity contribution in [2.45, 2.75) is 55.7 Å². The van der Waals surface area contributed by atoms with Crippen molar-refractivity contribution in [2.24, 2.45) is 0 Å². The molecule has 0 saturated carbocycles. The van der Waals surface area contributed by atoms with Gasteiger partial charge >= 0.3 is 11.4 Å². The summed E-state index contributed by atoms with van der Waals surface area (Å²) >= 11 is 0. The van der Waals surface area contributed by atoms with Crippen LogP contribution in [-0.2, 0) is 29.7 Å². The standard InChI is InChI=1S/C16H20N3O8P.C9H13N3O5/c17-12-6-7-19(16(22)18-12)15-14(21)13(20)11(27-15)9-26-28(23,24)25-8-10-4-2-1-3-5-10;10-5-1-2-12(9(16)11-5)8-7(15)6(14)4(3-13)17-8/h1-7,11,13-15,20-21H,8-9H2,(H,23,24)(H2,17,18,22);1-2,4,6-8,13-15H,3H2,(H2,10,11,16)/p-1/t11-,13-,14+,15?;4-,6-,7+,8?/m11/s1. The van der Waals surface area contributed by atoms with Crippen LogP contribution in [0.4, 0.5) is 11.6 Å². The number of hydrogen-bond donors (Lipinski definition) is 7. The Hall–Kier alpha value is -3.59. The van der Waals surface area contributed by atoms with Gasteiger partial charge in [0.2, 0.25) is 0 Å². The largest absolute Gasteiger partial charge is 0.756 e. The van der Waals surface area contributed by atoms with Gasteiger partial charge in [-0.25, -0.2) is 9.59 Å². The Morgan fingerprint density at radius 3 is 1.76 bits per heavy atom. The number of benzene rings is 1. The summed E-state index contributed by atoms with van der Waals surface area (Å²) in [6, 6.07) is 11.3. The molecule has 2 saturated heterocycles. The molecule has 2 aromatic heterocycles. The molecule has 0 bridgehead atoms. The Morgan fingerprint density at radius 2 is 1.29 bits per heavy atom. The molecule has 0 radical (unpaired) electrons. The number of aromatic nitrogens is 4. The molecule has 0 spiro atoms. The van der Waals surface area contributed by atoms with Gasteiger partial charge in [0.1, 0.15) is 48.3 Å². The first-order chi connectivity index (χ1) is 21.3. The monoisotopic (exact) mass is 655 g/mol. The summed E-state index contributed by atoms with van der Waals surface area (Å²) < 4.78 is 33.9. The maximum Gasteiger partial charge on any atom is 0.351 e. The third-order valence-corrected chi connectivity index (χ3v) is 7.65. The van der Waals surface area contributed by atoms with Gasteiger partial charge in [-0.05, 0) is 17.7 Å². The quantitative estimate of drug-likeness (QED) is 0.110. The number of nitrogen functional groups attached to an aromatic ring is 2. The van der Waals surface area contributed by atoms with E-state index in [-0.39, 0.29) is 18.2 Å². The molecule has 3 unspecified atom stereocenters. The second kappa shape index (κ2) is 14.7. The van der Waals surface area contributed by atoms with Crippen molar-refractivity contribution in [3.63, 3.8) is 0 Å². The SMILES string of the molecule is Nc1ccn(C2O[C@H](CO)[C@@H](O)[C@@H]2O)c(=O)n1.Nc1ccn(C2O[C@H](COP(=O)([O-])OCc3ccccc3)[C@@H](O)[C@@H]2O)c(=O)n1. The van der Waals surface area contributed by atoms with Crippen molar-refractivity contribution >= 4 is 19.5 Å². The first kappa shape index (κ1) is 34.3. The van der Waals surface area contributed by atoms with Gasteiger partial charge in [0.25, 0.3) is 7.82 Å². The average Bonchev–Trinajstić information content (AvgIpc) is 3.45. The van der Waals surface area contributed by atoms with E-state index in [0.717, 1.165) is 9.13 Å². The second-order valence-corrected chi connectivity index (χ2v) is 11.3. The van der Waals surface area contributed by atoms with Gasteiger partial charge in [-0.3, -0.25) is 13.7 Å². The number of anilines is 2. The van der Waals surface area contributed by atoms with Crippen LogP contribution >= 0.6 is 7.82 Å². The van der Waals surface area contributed by atoms with E-state index in [4.69, 9.17) is 35.1 Å². The maximum atomic E-state index is 11.9. The first-order valence-corrected chi connectivity index (χ1v) is 14.7. The number of hydrogen-bond acceptors (Lipinski definition) is 17. The third kappa shape index (κ3) is 8.37. The fourth-order valence-electron chi connectivity index (χ4n) is 4.38. The normalized spacial score (nSPS) is 29.1. The van der Waals surface area contributed by atoms with Crippen molar-refractivity contribution in [3.05, 3.63) is 81.4 Å². The zero-order valence-corrected chi connectivity index (χ0v) is 24.2. The highest BCUT2D eigenvalue weighted by atomic mass is 31.2. The first-order valence-electron chi connectivity index (χ1n) is 13.3. The minimum absolute atomic E-state index is 0.0166. The lowest BCUT2D eigenvalue weighted by Crippen LogP contribution is -2.36. The van der Waals surface area contributed by atoms with E-state index < -0.39 is 81.5 Å². The van der Waals surface area contributed by atoms with Crippen LogP contribution in [0, 0.1) is 0 Å². The van der Waals surface area contributed by atoms with Crippen LogP contribution < -0.4 is 27.7 Å². The second-order valence-electron chi connectivity index (χ2n) is 9.86. The Bertz CT molecular complexity index is 1590. The molecule has 20 heteroatoms. The van der Waals surface area contributed by atoms with E-state index in [0.29, 0.717) is 5.56 Å². The van der Waals surface area contributed by atoms with Crippen LogP contribution in [-0.4, -0.2) is 94.5 Å². The number of nitrogens with zero attached hydrogens (tertiary/aromatic N) is 4. The van der Waals surface area contributed by atoms with E-state index in [1.165, 1.54) is 24.5 Å². The summed E-state index contributed by atoms with van der Waals surface area (Å²) in [4.78, 5) is 42.3. The van der Waals surface area contributed by atoms with E-state index in [2.05, 4.69) is 9.97 Å². The van der Waals surface area contributed by atoms with Crippen LogP contribution in [0.3, 0.4) is 0 Å². The minimum atomic E-state index is -4.68. The van der Waals surface area contributed by atoms with Crippen LogP contribution in [0.1, 0.15) is 18.0 Å². The number of phosphoric ester groups is 1. The van der Waals surface area contributed by atoms with E-state index >= 15 is 0 Å². The molecule has 5 rings (SSSR count). The van der Waals surface area contributed by atoms with Gasteiger partial charge < -0.3 is 60.4 Å². The molecule has 3 aromatic rings. The molecule has 9 N–H and O–H groups in total. The summed E-state index contributed by atoms with van der Waals surface area (Å²) in [5.74, 6) is 0.0371. The number of nitrogens with two attached hydrogens (primary N) is 2. The molecule has 9 atom stereocenters. The van der Waals surface area contributed by atoms with Crippen molar-refractivity contribution < 1.29 is 53.5 Å². The number of rotatable bonds is 9. The van der Waals surface area contributed by atoms with Gasteiger partial charge in [-0.15, -0.1) is 0 Å². The van der Waals surface area contributed by atoms with Gasteiger partial charge in [-0.2, -0.15) is 9.97 Å². The number of aliphatic hydroxyl groups excluding tert-OH is 5. The highest BCUT2D eigenvalue weighted by molar-refractivity contribution is 7.45. The molecule has 4 heterocycles. The molecule has 0 amide bonds. The van der Waals surface area contributed by atoms with Crippen LogP contribution in [0.2, 0.25) is 0 Å². The van der Waals surface area contributed by atoms with E-state index in [9.17, 15) is 39.5 Å². The Balaban J connectivity index is 0.000000231. The van der Waals surface area contributed by atoms with Gasteiger partial charge in [-0.1, -0.05) is 30.3 Å². The molecule has 2 aliphatic heterocycles. The summed E-state index contributed by atoms with van der Waals surface area (Å²) in [6.07, 6.45) is -7.52. The van der Waals surface area contributed by atoms with Gasteiger partial charge in [0.15, 0.2) is 12.5 Å². The number of aliphatic hydroxyl groups is 5.